The number of amides is 1. The van der Waals surface area contributed by atoms with Crippen LogP contribution in [0, 0.1) is 0 Å². The van der Waals surface area contributed by atoms with Crippen LogP contribution in [0.4, 0.5) is 0 Å². The van der Waals surface area contributed by atoms with Crippen molar-refractivity contribution in [2.75, 3.05) is 39.4 Å². The third kappa shape index (κ3) is 4.86. The molecule has 0 radical (unpaired) electrons. The fraction of sp³-hybridized carbons (Fsp3) is 0.375. The van der Waals surface area contributed by atoms with Crippen LogP contribution in [-0.4, -0.2) is 54.8 Å². The van der Waals surface area contributed by atoms with Crippen LogP contribution < -0.4 is 5.32 Å². The first-order valence-electron chi connectivity index (χ1n) is 10.5. The molecule has 1 fully saturated rings. The summed E-state index contributed by atoms with van der Waals surface area (Å²) in [7, 11) is 2.05. The van der Waals surface area contributed by atoms with Crippen molar-refractivity contribution < 1.29 is 9.53 Å². The molecule has 1 amide bonds. The van der Waals surface area contributed by atoms with Gasteiger partial charge in [-0.05, 0) is 29.3 Å². The first-order chi connectivity index (χ1) is 14.6. The molecule has 2 aromatic carbocycles. The molecule has 1 N–H and O–H groups in total. The van der Waals surface area contributed by atoms with Gasteiger partial charge >= 0.3 is 0 Å². The summed E-state index contributed by atoms with van der Waals surface area (Å²) in [6.07, 6.45) is 2.55. The van der Waals surface area contributed by atoms with Crippen molar-refractivity contribution >= 4 is 28.4 Å². The van der Waals surface area contributed by atoms with Crippen LogP contribution in [0.25, 0.3) is 10.9 Å². The van der Waals surface area contributed by atoms with E-state index in [4.69, 9.17) is 16.3 Å². The lowest BCUT2D eigenvalue weighted by Gasteiger charge is -2.26. The van der Waals surface area contributed by atoms with Crippen molar-refractivity contribution in [3.05, 3.63) is 70.9 Å². The first kappa shape index (κ1) is 20.9. The average Bonchev–Trinajstić information content (AvgIpc) is 3.10. The first-order valence-corrected chi connectivity index (χ1v) is 10.9. The predicted octanol–water partition coefficient (Wildman–Crippen LogP) is 3.80. The van der Waals surface area contributed by atoms with Crippen LogP contribution in [0.1, 0.15) is 23.5 Å². The summed E-state index contributed by atoms with van der Waals surface area (Å²) in [5, 5.41) is 4.99. The number of aromatic nitrogens is 1. The highest BCUT2D eigenvalue weighted by Crippen LogP contribution is 2.34. The van der Waals surface area contributed by atoms with Gasteiger partial charge in [0.25, 0.3) is 0 Å². The largest absolute Gasteiger partial charge is 0.379 e. The zero-order valence-corrected chi connectivity index (χ0v) is 18.1. The molecule has 5 nitrogen and oxygen atoms in total. The lowest BCUT2D eigenvalue weighted by Crippen LogP contribution is -2.41. The maximum atomic E-state index is 12.9. The second kappa shape index (κ2) is 9.65. The van der Waals surface area contributed by atoms with Crippen molar-refractivity contribution in [2.45, 2.75) is 12.3 Å². The zero-order chi connectivity index (χ0) is 20.9. The molecule has 1 aliphatic heterocycles. The Morgan fingerprint density at radius 1 is 1.13 bits per heavy atom. The number of morpholine rings is 1. The summed E-state index contributed by atoms with van der Waals surface area (Å²) in [5.74, 6) is 0.0351. The number of ether oxygens (including phenoxy) is 1. The van der Waals surface area contributed by atoms with Crippen LogP contribution in [0.2, 0.25) is 5.02 Å². The molecule has 3 aromatic rings. The molecule has 1 aliphatic rings. The summed E-state index contributed by atoms with van der Waals surface area (Å²) >= 11 is 6.11. The Morgan fingerprint density at radius 2 is 1.87 bits per heavy atom. The van der Waals surface area contributed by atoms with Gasteiger partial charge in [0.1, 0.15) is 0 Å². The maximum absolute atomic E-state index is 12.9. The van der Waals surface area contributed by atoms with E-state index in [2.05, 4.69) is 33.1 Å². The molecule has 30 heavy (non-hydrogen) atoms. The topological polar surface area (TPSA) is 46.5 Å². The number of hydrogen-bond acceptors (Lipinski definition) is 3. The van der Waals surface area contributed by atoms with E-state index < -0.39 is 0 Å². The number of carbonyl (C=O) groups excluding carboxylic acids is 1. The Hall–Kier alpha value is -2.34. The molecule has 0 bridgehead atoms. The normalized spacial score (nSPS) is 15.9. The fourth-order valence-corrected chi connectivity index (χ4v) is 4.31. The number of nitrogens with zero attached hydrogens (tertiary/aromatic N) is 2. The Labute approximate surface area is 182 Å². The smallest absolute Gasteiger partial charge is 0.220 e. The molecule has 1 saturated heterocycles. The lowest BCUT2D eigenvalue weighted by molar-refractivity contribution is -0.121. The van der Waals surface area contributed by atoms with E-state index in [9.17, 15) is 4.79 Å². The van der Waals surface area contributed by atoms with Gasteiger partial charge in [0, 0.05) is 67.7 Å². The van der Waals surface area contributed by atoms with Gasteiger partial charge in [0.2, 0.25) is 5.91 Å². The van der Waals surface area contributed by atoms with E-state index in [0.717, 1.165) is 38.4 Å². The summed E-state index contributed by atoms with van der Waals surface area (Å²) in [6, 6.07) is 16.2. The van der Waals surface area contributed by atoms with Crippen LogP contribution in [0.15, 0.2) is 54.7 Å². The molecule has 0 saturated carbocycles. The van der Waals surface area contributed by atoms with Gasteiger partial charge in [-0.15, -0.1) is 0 Å². The molecule has 1 atom stereocenters. The Kier molecular flexibility index (Phi) is 6.72. The molecule has 1 aromatic heterocycles. The van der Waals surface area contributed by atoms with Crippen LogP contribution >= 0.6 is 11.6 Å². The van der Waals surface area contributed by atoms with E-state index in [-0.39, 0.29) is 11.8 Å². The highest BCUT2D eigenvalue weighted by Gasteiger charge is 2.22. The van der Waals surface area contributed by atoms with E-state index in [0.29, 0.717) is 18.0 Å². The van der Waals surface area contributed by atoms with Gasteiger partial charge < -0.3 is 14.6 Å². The molecule has 0 unspecified atom stereocenters. The fourth-order valence-electron chi connectivity index (χ4n) is 4.19. The number of benzene rings is 2. The van der Waals surface area contributed by atoms with Gasteiger partial charge in [-0.3, -0.25) is 9.69 Å². The molecule has 0 aliphatic carbocycles. The summed E-state index contributed by atoms with van der Waals surface area (Å²) < 4.78 is 7.51. The van der Waals surface area contributed by atoms with Crippen LogP contribution in [-0.2, 0) is 16.6 Å². The number of fused-ring (bicyclic) bond motifs is 1. The molecular weight excluding hydrogens is 398 g/mol. The number of carbonyl (C=O) groups is 1. The number of halogens is 1. The second-order valence-electron chi connectivity index (χ2n) is 7.82. The van der Waals surface area contributed by atoms with Gasteiger partial charge in [-0.2, -0.15) is 0 Å². The molecule has 2 heterocycles. The van der Waals surface area contributed by atoms with Crippen LogP contribution in [0.5, 0.6) is 0 Å². The minimum absolute atomic E-state index is 0.0308. The maximum Gasteiger partial charge on any atom is 0.220 e. The molecule has 4 rings (SSSR count). The number of rotatable bonds is 7. The minimum Gasteiger partial charge on any atom is -0.379 e. The predicted molar refractivity (Wildman–Crippen MR) is 121 cm³/mol. The standard InChI is InChI=1S/C24H28ClN3O2/c1-27-17-22(20-4-2-3-5-23(20)27)21(18-6-8-19(25)9-7-18)16-24(29)26-10-11-28-12-14-30-15-13-28/h2-9,17,21H,10-16H2,1H3,(H,26,29)/t21-/m0/s1. The van der Waals surface area contributed by atoms with Gasteiger partial charge in [0.05, 0.1) is 13.2 Å². The van der Waals surface area contributed by atoms with E-state index in [1.165, 1.54) is 16.5 Å². The Balaban J connectivity index is 1.52. The number of para-hydroxylation sites is 1. The SMILES string of the molecule is Cn1cc([C@@H](CC(=O)NCCN2CCOCC2)c2ccc(Cl)cc2)c2ccccc21. The Bertz CT molecular complexity index is 993. The van der Waals surface area contributed by atoms with Gasteiger partial charge in [0.15, 0.2) is 0 Å². The highest BCUT2D eigenvalue weighted by atomic mass is 35.5. The van der Waals surface area contributed by atoms with Gasteiger partial charge in [-0.25, -0.2) is 0 Å². The zero-order valence-electron chi connectivity index (χ0n) is 17.3. The van der Waals surface area contributed by atoms with Crippen molar-refractivity contribution in [1.82, 2.24) is 14.8 Å². The third-order valence-corrected chi connectivity index (χ3v) is 6.07. The number of aryl methyl sites for hydroxylation is 1. The molecule has 0 spiro atoms. The van der Waals surface area contributed by atoms with Crippen molar-refractivity contribution in [3.63, 3.8) is 0 Å². The lowest BCUT2D eigenvalue weighted by atomic mass is 9.88. The monoisotopic (exact) mass is 425 g/mol. The van der Waals surface area contributed by atoms with E-state index in [1.54, 1.807) is 0 Å². The number of nitrogens with one attached hydrogen (secondary N) is 1. The van der Waals surface area contributed by atoms with Crippen molar-refractivity contribution in [2.24, 2.45) is 7.05 Å². The average molecular weight is 426 g/mol. The summed E-state index contributed by atoms with van der Waals surface area (Å²) in [5.41, 5.74) is 3.43. The molecule has 158 valence electrons. The minimum atomic E-state index is -0.0308. The molecular formula is C24H28ClN3O2. The van der Waals surface area contributed by atoms with Gasteiger partial charge in [-0.1, -0.05) is 41.9 Å². The van der Waals surface area contributed by atoms with Crippen molar-refractivity contribution in [3.8, 4) is 0 Å². The summed E-state index contributed by atoms with van der Waals surface area (Å²) in [6.45, 7) is 4.91. The molecule has 6 heteroatoms. The number of hydrogen-bond donors (Lipinski definition) is 1. The third-order valence-electron chi connectivity index (χ3n) is 5.82. The van der Waals surface area contributed by atoms with E-state index >= 15 is 0 Å². The highest BCUT2D eigenvalue weighted by molar-refractivity contribution is 6.30. The van der Waals surface area contributed by atoms with Crippen molar-refractivity contribution in [1.29, 1.82) is 0 Å². The quantitative estimate of drug-likeness (QED) is 0.626. The van der Waals surface area contributed by atoms with E-state index in [1.807, 2.05) is 43.4 Å². The summed E-state index contributed by atoms with van der Waals surface area (Å²) in [4.78, 5) is 15.2. The second-order valence-corrected chi connectivity index (χ2v) is 8.26. The van der Waals surface area contributed by atoms with Crippen LogP contribution in [0.3, 0.4) is 0 Å². The Morgan fingerprint density at radius 3 is 2.63 bits per heavy atom.